The molecule has 20 heavy (non-hydrogen) atoms. The van der Waals surface area contributed by atoms with Crippen LogP contribution in [0.4, 0.5) is 4.39 Å². The zero-order valence-corrected chi connectivity index (χ0v) is 11.1. The number of para-hydroxylation sites is 1. The highest BCUT2D eigenvalue weighted by Crippen LogP contribution is 2.28. The lowest BCUT2D eigenvalue weighted by Crippen LogP contribution is -2.21. The van der Waals surface area contributed by atoms with Gasteiger partial charge in [-0.3, -0.25) is 0 Å². The molecule has 0 amide bonds. The Labute approximate surface area is 117 Å². The Kier molecular flexibility index (Phi) is 4.07. The topological polar surface area (TPSA) is 29.5 Å². The van der Waals surface area contributed by atoms with Crippen LogP contribution in [0, 0.1) is 18.2 Å². The molecular weight excluding hydrogens is 255 g/mol. The second kappa shape index (κ2) is 5.77. The molecule has 3 heteroatoms. The molecule has 2 aromatic carbocycles. The van der Waals surface area contributed by atoms with Gasteiger partial charge in [0.05, 0.1) is 0 Å². The van der Waals surface area contributed by atoms with Crippen molar-refractivity contribution in [2.24, 2.45) is 0 Å². The first-order valence-electron chi connectivity index (χ1n) is 6.32. The van der Waals surface area contributed by atoms with E-state index in [1.807, 2.05) is 6.92 Å². The first kappa shape index (κ1) is 14.1. The molecule has 0 spiro atoms. The maximum absolute atomic E-state index is 13.5. The molecule has 1 unspecified atom stereocenters. The minimum atomic E-state index is -1.28. The molecule has 2 rings (SSSR count). The van der Waals surface area contributed by atoms with E-state index in [1.165, 1.54) is 6.07 Å². The predicted octanol–water partition coefficient (Wildman–Crippen LogP) is 3.85. The largest absolute Gasteiger partial charge is 0.454 e. The summed E-state index contributed by atoms with van der Waals surface area (Å²) in [6, 6.07) is 12.8. The molecule has 0 aliphatic heterocycles. The number of rotatable bonds is 4. The van der Waals surface area contributed by atoms with Crippen LogP contribution in [0.25, 0.3) is 0 Å². The number of aliphatic hydroxyl groups is 1. The van der Waals surface area contributed by atoms with Crippen molar-refractivity contribution in [2.75, 3.05) is 0 Å². The third-order valence-electron chi connectivity index (χ3n) is 3.15. The van der Waals surface area contributed by atoms with Crippen LogP contribution in [0.5, 0.6) is 11.5 Å². The minimum absolute atomic E-state index is 0.156. The molecule has 0 fully saturated rings. The number of benzene rings is 2. The van der Waals surface area contributed by atoms with Crippen molar-refractivity contribution < 1.29 is 14.2 Å². The Bertz CT molecular complexity index is 628. The molecule has 2 aromatic rings. The van der Waals surface area contributed by atoms with E-state index >= 15 is 0 Å². The molecule has 0 aliphatic carbocycles. The highest BCUT2D eigenvalue weighted by molar-refractivity contribution is 5.37. The van der Waals surface area contributed by atoms with E-state index in [4.69, 9.17) is 11.2 Å². The van der Waals surface area contributed by atoms with Crippen LogP contribution in [0.15, 0.2) is 48.5 Å². The average Bonchev–Trinajstić information content (AvgIpc) is 2.49. The van der Waals surface area contributed by atoms with Crippen molar-refractivity contribution in [3.8, 4) is 23.8 Å². The fourth-order valence-corrected chi connectivity index (χ4v) is 1.84. The Balaban J connectivity index is 2.22. The monoisotopic (exact) mass is 270 g/mol. The van der Waals surface area contributed by atoms with Crippen LogP contribution in [-0.4, -0.2) is 5.11 Å². The lowest BCUT2D eigenvalue weighted by molar-refractivity contribution is 0.0961. The third-order valence-corrected chi connectivity index (χ3v) is 3.15. The summed E-state index contributed by atoms with van der Waals surface area (Å²) in [4.78, 5) is 0. The van der Waals surface area contributed by atoms with E-state index in [0.717, 1.165) is 0 Å². The van der Waals surface area contributed by atoms with Crippen molar-refractivity contribution in [3.63, 3.8) is 0 Å². The summed E-state index contributed by atoms with van der Waals surface area (Å²) in [5.41, 5.74) is -0.667. The molecule has 0 saturated heterocycles. The number of ether oxygens (including phenoxy) is 1. The Morgan fingerprint density at radius 2 is 1.85 bits per heavy atom. The van der Waals surface area contributed by atoms with Gasteiger partial charge in [0.15, 0.2) is 11.6 Å². The summed E-state index contributed by atoms with van der Waals surface area (Å²) in [5, 5.41) is 10.2. The number of terminal acetylenes is 1. The lowest BCUT2D eigenvalue weighted by Gasteiger charge is -2.20. The second-order valence-electron chi connectivity index (χ2n) is 4.42. The van der Waals surface area contributed by atoms with E-state index in [1.54, 1.807) is 42.5 Å². The van der Waals surface area contributed by atoms with Gasteiger partial charge in [-0.05, 0) is 36.2 Å². The van der Waals surface area contributed by atoms with Gasteiger partial charge in [-0.2, -0.15) is 0 Å². The molecule has 2 nitrogen and oxygen atoms in total. The molecule has 0 aliphatic rings. The molecule has 0 bridgehead atoms. The highest BCUT2D eigenvalue weighted by Gasteiger charge is 2.23. The molecule has 1 N–H and O–H groups in total. The lowest BCUT2D eigenvalue weighted by atomic mass is 9.92. The molecule has 0 heterocycles. The van der Waals surface area contributed by atoms with Crippen molar-refractivity contribution in [1.29, 1.82) is 0 Å². The van der Waals surface area contributed by atoms with Crippen LogP contribution in [0.2, 0.25) is 0 Å². The number of halogens is 1. The fourth-order valence-electron chi connectivity index (χ4n) is 1.84. The summed E-state index contributed by atoms with van der Waals surface area (Å²) < 4.78 is 18.9. The van der Waals surface area contributed by atoms with E-state index < -0.39 is 11.4 Å². The third kappa shape index (κ3) is 2.81. The smallest absolute Gasteiger partial charge is 0.165 e. The van der Waals surface area contributed by atoms with Crippen LogP contribution >= 0.6 is 0 Å². The van der Waals surface area contributed by atoms with Gasteiger partial charge in [0.25, 0.3) is 0 Å². The normalized spacial score (nSPS) is 13.3. The molecular formula is C17H15FO2. The molecule has 102 valence electrons. The molecule has 0 saturated carbocycles. The first-order chi connectivity index (χ1) is 9.59. The number of hydrogen-bond donors (Lipinski definition) is 1. The quantitative estimate of drug-likeness (QED) is 0.855. The summed E-state index contributed by atoms with van der Waals surface area (Å²) in [6.45, 7) is 1.81. The SMILES string of the molecule is C#CC(O)(CC)c1ccc(Oc2ccccc2F)cc1. The standard InChI is InChI=1S/C17H15FO2/c1-3-17(19,4-2)13-9-11-14(12-10-13)20-16-8-6-5-7-15(16)18/h1,5-12,19H,4H2,2H3. The second-order valence-corrected chi connectivity index (χ2v) is 4.42. The Hall–Kier alpha value is -2.31. The van der Waals surface area contributed by atoms with Crippen LogP contribution in [0.3, 0.4) is 0 Å². The Morgan fingerprint density at radius 1 is 1.20 bits per heavy atom. The van der Waals surface area contributed by atoms with Gasteiger partial charge in [-0.15, -0.1) is 6.42 Å². The minimum Gasteiger partial charge on any atom is -0.454 e. The Morgan fingerprint density at radius 3 is 2.40 bits per heavy atom. The van der Waals surface area contributed by atoms with Gasteiger partial charge >= 0.3 is 0 Å². The first-order valence-corrected chi connectivity index (χ1v) is 6.32. The van der Waals surface area contributed by atoms with Crippen molar-refractivity contribution in [1.82, 2.24) is 0 Å². The van der Waals surface area contributed by atoms with Gasteiger partial charge in [-0.1, -0.05) is 37.1 Å². The van der Waals surface area contributed by atoms with Crippen LogP contribution in [-0.2, 0) is 5.60 Å². The molecule has 1 atom stereocenters. The maximum atomic E-state index is 13.5. The van der Waals surface area contributed by atoms with Crippen molar-refractivity contribution in [3.05, 3.63) is 59.9 Å². The molecule has 0 radical (unpaired) electrons. The van der Waals surface area contributed by atoms with Gasteiger partial charge < -0.3 is 9.84 Å². The van der Waals surface area contributed by atoms with Gasteiger partial charge in [-0.25, -0.2) is 4.39 Å². The summed E-state index contributed by atoms with van der Waals surface area (Å²) in [6.07, 6.45) is 5.76. The van der Waals surface area contributed by atoms with Crippen LogP contribution in [0.1, 0.15) is 18.9 Å². The van der Waals surface area contributed by atoms with Crippen LogP contribution < -0.4 is 4.74 Å². The summed E-state index contributed by atoms with van der Waals surface area (Å²) in [5.74, 6) is 2.59. The maximum Gasteiger partial charge on any atom is 0.165 e. The summed E-state index contributed by atoms with van der Waals surface area (Å²) >= 11 is 0. The zero-order chi connectivity index (χ0) is 14.6. The molecule has 0 aromatic heterocycles. The number of hydrogen-bond acceptors (Lipinski definition) is 2. The van der Waals surface area contributed by atoms with Crippen molar-refractivity contribution in [2.45, 2.75) is 18.9 Å². The van der Waals surface area contributed by atoms with Crippen molar-refractivity contribution >= 4 is 0 Å². The van der Waals surface area contributed by atoms with Gasteiger partial charge in [0.1, 0.15) is 11.4 Å². The fraction of sp³-hybridized carbons (Fsp3) is 0.176. The van der Waals surface area contributed by atoms with Gasteiger partial charge in [0, 0.05) is 0 Å². The van der Waals surface area contributed by atoms with E-state index in [0.29, 0.717) is 17.7 Å². The highest BCUT2D eigenvalue weighted by atomic mass is 19.1. The van der Waals surface area contributed by atoms with Gasteiger partial charge in [0.2, 0.25) is 0 Å². The summed E-state index contributed by atoms with van der Waals surface area (Å²) in [7, 11) is 0. The predicted molar refractivity (Wildman–Crippen MR) is 75.9 cm³/mol. The zero-order valence-electron chi connectivity index (χ0n) is 11.1. The van der Waals surface area contributed by atoms with E-state index in [2.05, 4.69) is 5.92 Å². The average molecular weight is 270 g/mol. The van der Waals surface area contributed by atoms with E-state index in [-0.39, 0.29) is 5.75 Å². The van der Waals surface area contributed by atoms with E-state index in [9.17, 15) is 9.50 Å².